The van der Waals surface area contributed by atoms with E-state index in [1.54, 1.807) is 18.9 Å². The van der Waals surface area contributed by atoms with Crippen molar-refractivity contribution in [3.8, 4) is 5.75 Å². The molecule has 0 aliphatic carbocycles. The second-order valence-corrected chi connectivity index (χ2v) is 7.17. The molecule has 2 aromatic rings. The molecule has 2 aromatic carbocycles. The number of nitrogens with zero attached hydrogens (tertiary/aromatic N) is 1. The van der Waals surface area contributed by atoms with Gasteiger partial charge in [-0.2, -0.15) is 0 Å². The first-order valence-corrected chi connectivity index (χ1v) is 9.26. The van der Waals surface area contributed by atoms with Crippen LogP contribution in [0.3, 0.4) is 0 Å². The van der Waals surface area contributed by atoms with Gasteiger partial charge in [0.15, 0.2) is 0 Å². The van der Waals surface area contributed by atoms with Crippen molar-refractivity contribution in [3.63, 3.8) is 0 Å². The van der Waals surface area contributed by atoms with E-state index < -0.39 is 0 Å². The summed E-state index contributed by atoms with van der Waals surface area (Å²) in [6.07, 6.45) is 1.03. The van der Waals surface area contributed by atoms with Crippen molar-refractivity contribution in [2.75, 3.05) is 26.0 Å². The van der Waals surface area contributed by atoms with E-state index in [4.69, 9.17) is 4.74 Å². The van der Waals surface area contributed by atoms with Crippen LogP contribution >= 0.6 is 11.8 Å². The Morgan fingerprint density at radius 2 is 1.96 bits per heavy atom. The number of thioether (sulfide) groups is 1. The third-order valence-electron chi connectivity index (χ3n) is 4.57. The number of hydrogen-bond donors (Lipinski definition) is 0. The fraction of sp³-hybridized carbons (Fsp3) is 0.350. The molecule has 1 amide bonds. The molecular formula is C20H23NO2S. The van der Waals surface area contributed by atoms with E-state index in [-0.39, 0.29) is 5.91 Å². The summed E-state index contributed by atoms with van der Waals surface area (Å²) in [5.41, 5.74) is 2.52. The maximum Gasteiger partial charge on any atom is 0.232 e. The molecule has 0 aromatic heterocycles. The van der Waals surface area contributed by atoms with Crippen LogP contribution in [0.25, 0.3) is 0 Å². The minimum Gasteiger partial charge on any atom is -0.497 e. The van der Waals surface area contributed by atoms with Crippen LogP contribution in [0.4, 0.5) is 0 Å². The minimum absolute atomic E-state index is 0.235. The lowest BCUT2D eigenvalue weighted by Crippen LogP contribution is -2.30. The lowest BCUT2D eigenvalue weighted by molar-refractivity contribution is -0.127. The molecule has 24 heavy (non-hydrogen) atoms. The molecule has 4 heteroatoms. The Labute approximate surface area is 148 Å². The SMILES string of the molecule is COc1ccc(C2CCN(C(=O)CSc3ccccc3C)C2)cc1. The summed E-state index contributed by atoms with van der Waals surface area (Å²) < 4.78 is 5.21. The molecule has 3 nitrogen and oxygen atoms in total. The number of aryl methyl sites for hydroxylation is 1. The highest BCUT2D eigenvalue weighted by Gasteiger charge is 2.27. The van der Waals surface area contributed by atoms with E-state index >= 15 is 0 Å². The van der Waals surface area contributed by atoms with Crippen LogP contribution in [0.2, 0.25) is 0 Å². The molecule has 0 spiro atoms. The van der Waals surface area contributed by atoms with E-state index in [2.05, 4.69) is 31.2 Å². The third-order valence-corrected chi connectivity index (χ3v) is 5.73. The van der Waals surface area contributed by atoms with Gasteiger partial charge in [0.1, 0.15) is 5.75 Å². The summed E-state index contributed by atoms with van der Waals surface area (Å²) in [4.78, 5) is 15.7. The Kier molecular flexibility index (Phi) is 5.46. The highest BCUT2D eigenvalue weighted by Crippen LogP contribution is 2.29. The van der Waals surface area contributed by atoms with Gasteiger partial charge in [0, 0.05) is 23.9 Å². The second kappa shape index (κ2) is 7.75. The predicted molar refractivity (Wildman–Crippen MR) is 98.8 cm³/mol. The Morgan fingerprint density at radius 1 is 1.21 bits per heavy atom. The van der Waals surface area contributed by atoms with Crippen LogP contribution in [0.15, 0.2) is 53.4 Å². The van der Waals surface area contributed by atoms with Gasteiger partial charge in [-0.1, -0.05) is 30.3 Å². The topological polar surface area (TPSA) is 29.5 Å². The quantitative estimate of drug-likeness (QED) is 0.767. The van der Waals surface area contributed by atoms with E-state index in [0.29, 0.717) is 11.7 Å². The van der Waals surface area contributed by atoms with Gasteiger partial charge in [-0.05, 0) is 42.7 Å². The number of amides is 1. The van der Waals surface area contributed by atoms with Gasteiger partial charge in [0.05, 0.1) is 12.9 Å². The molecule has 1 aliphatic heterocycles. The van der Waals surface area contributed by atoms with Gasteiger partial charge >= 0.3 is 0 Å². The molecule has 0 saturated carbocycles. The van der Waals surface area contributed by atoms with Crippen LogP contribution in [0.5, 0.6) is 5.75 Å². The Balaban J connectivity index is 1.54. The summed E-state index contributed by atoms with van der Waals surface area (Å²) in [6, 6.07) is 16.4. The van der Waals surface area contributed by atoms with Gasteiger partial charge < -0.3 is 9.64 Å². The number of carbonyl (C=O) groups excluding carboxylic acids is 1. The number of carbonyl (C=O) groups is 1. The molecule has 126 valence electrons. The van der Waals surface area contributed by atoms with E-state index in [9.17, 15) is 4.79 Å². The van der Waals surface area contributed by atoms with Gasteiger partial charge in [-0.25, -0.2) is 0 Å². The summed E-state index contributed by atoms with van der Waals surface area (Å²) in [6.45, 7) is 3.76. The van der Waals surface area contributed by atoms with Crippen LogP contribution in [-0.2, 0) is 4.79 Å². The molecule has 0 bridgehead atoms. The van der Waals surface area contributed by atoms with Crippen molar-refractivity contribution in [1.82, 2.24) is 4.90 Å². The Bertz CT molecular complexity index is 699. The Morgan fingerprint density at radius 3 is 2.67 bits per heavy atom. The van der Waals surface area contributed by atoms with Gasteiger partial charge in [-0.3, -0.25) is 4.79 Å². The maximum absolute atomic E-state index is 12.5. The van der Waals surface area contributed by atoms with Gasteiger partial charge in [-0.15, -0.1) is 11.8 Å². The van der Waals surface area contributed by atoms with Gasteiger partial charge in [0.2, 0.25) is 5.91 Å². The van der Waals surface area contributed by atoms with E-state index in [1.807, 2.05) is 29.2 Å². The molecule has 1 unspecified atom stereocenters. The standard InChI is InChI=1S/C20H23NO2S/c1-15-5-3-4-6-19(15)24-14-20(22)21-12-11-17(13-21)16-7-9-18(23-2)10-8-16/h3-10,17H,11-14H2,1-2H3. The van der Waals surface area contributed by atoms with Crippen molar-refractivity contribution in [2.24, 2.45) is 0 Å². The van der Waals surface area contributed by atoms with Crippen molar-refractivity contribution in [1.29, 1.82) is 0 Å². The van der Waals surface area contributed by atoms with Crippen LogP contribution in [0, 0.1) is 6.92 Å². The van der Waals surface area contributed by atoms with Crippen molar-refractivity contribution in [2.45, 2.75) is 24.2 Å². The fourth-order valence-electron chi connectivity index (χ4n) is 3.08. The highest BCUT2D eigenvalue weighted by atomic mass is 32.2. The minimum atomic E-state index is 0.235. The number of likely N-dealkylation sites (tertiary alicyclic amines) is 1. The number of ether oxygens (including phenoxy) is 1. The average Bonchev–Trinajstić information content (AvgIpc) is 3.11. The number of hydrogen-bond acceptors (Lipinski definition) is 3. The Hall–Kier alpha value is -1.94. The molecule has 1 saturated heterocycles. The third kappa shape index (κ3) is 3.93. The number of rotatable bonds is 5. The number of benzene rings is 2. The monoisotopic (exact) mass is 341 g/mol. The summed E-state index contributed by atoms with van der Waals surface area (Å²) in [5.74, 6) is 2.06. The lowest BCUT2D eigenvalue weighted by Gasteiger charge is -2.17. The maximum atomic E-state index is 12.5. The molecule has 1 fully saturated rings. The summed E-state index contributed by atoms with van der Waals surface area (Å²) >= 11 is 1.64. The van der Waals surface area contributed by atoms with E-state index in [1.165, 1.54) is 16.0 Å². The first kappa shape index (κ1) is 16.9. The smallest absolute Gasteiger partial charge is 0.232 e. The van der Waals surface area contributed by atoms with Crippen molar-refractivity contribution in [3.05, 3.63) is 59.7 Å². The first-order chi connectivity index (χ1) is 11.7. The zero-order valence-electron chi connectivity index (χ0n) is 14.2. The highest BCUT2D eigenvalue weighted by molar-refractivity contribution is 8.00. The van der Waals surface area contributed by atoms with Crippen LogP contribution < -0.4 is 4.74 Å². The zero-order valence-corrected chi connectivity index (χ0v) is 15.0. The van der Waals surface area contributed by atoms with Crippen molar-refractivity contribution < 1.29 is 9.53 Å². The largest absolute Gasteiger partial charge is 0.497 e. The molecule has 1 atom stereocenters. The van der Waals surface area contributed by atoms with Crippen LogP contribution in [-0.4, -0.2) is 36.8 Å². The first-order valence-electron chi connectivity index (χ1n) is 8.27. The molecule has 0 N–H and O–H groups in total. The predicted octanol–water partition coefficient (Wildman–Crippen LogP) is 4.11. The fourth-order valence-corrected chi connectivity index (χ4v) is 4.02. The molecular weight excluding hydrogens is 318 g/mol. The number of methoxy groups -OCH3 is 1. The summed E-state index contributed by atoms with van der Waals surface area (Å²) in [5, 5.41) is 0. The molecule has 1 heterocycles. The molecule has 0 radical (unpaired) electrons. The van der Waals surface area contributed by atoms with Crippen molar-refractivity contribution >= 4 is 17.7 Å². The zero-order chi connectivity index (χ0) is 16.9. The van der Waals surface area contributed by atoms with E-state index in [0.717, 1.165) is 25.3 Å². The summed E-state index contributed by atoms with van der Waals surface area (Å²) in [7, 11) is 1.68. The van der Waals surface area contributed by atoms with Gasteiger partial charge in [0.25, 0.3) is 0 Å². The molecule has 3 rings (SSSR count). The average molecular weight is 341 g/mol. The second-order valence-electron chi connectivity index (χ2n) is 6.15. The van der Waals surface area contributed by atoms with Crippen LogP contribution in [0.1, 0.15) is 23.5 Å². The normalized spacial score (nSPS) is 17.1. The molecule has 1 aliphatic rings. The lowest BCUT2D eigenvalue weighted by atomic mass is 9.98.